The number of nitrogens with zero attached hydrogens (tertiary/aromatic N) is 3. The van der Waals surface area contributed by atoms with Crippen LogP contribution in [0.1, 0.15) is 18.1 Å². The molecule has 1 aliphatic rings. The zero-order chi connectivity index (χ0) is 21.3. The fraction of sp³-hybridized carbons (Fsp3) is 0.250. The van der Waals surface area contributed by atoms with E-state index >= 15 is 0 Å². The van der Waals surface area contributed by atoms with Crippen LogP contribution in [0.15, 0.2) is 42.5 Å². The Labute approximate surface area is 167 Å². The lowest BCUT2D eigenvalue weighted by atomic mass is 10.2. The highest BCUT2D eigenvalue weighted by Gasteiger charge is 2.44. The van der Waals surface area contributed by atoms with Crippen molar-refractivity contribution < 1.29 is 19.3 Å². The van der Waals surface area contributed by atoms with Crippen molar-refractivity contribution in [2.45, 2.75) is 26.8 Å². The second kappa shape index (κ2) is 7.70. The van der Waals surface area contributed by atoms with Gasteiger partial charge in [-0.3, -0.25) is 29.5 Å². The number of hydrogen-bond donors (Lipinski definition) is 1. The highest BCUT2D eigenvalue weighted by molar-refractivity contribution is 6.16. The minimum absolute atomic E-state index is 0.00753. The maximum atomic E-state index is 12.8. The summed E-state index contributed by atoms with van der Waals surface area (Å²) < 4.78 is 0. The van der Waals surface area contributed by atoms with Crippen LogP contribution in [-0.4, -0.2) is 40.3 Å². The van der Waals surface area contributed by atoms with Gasteiger partial charge in [0.05, 0.1) is 4.92 Å². The van der Waals surface area contributed by atoms with Crippen molar-refractivity contribution in [1.29, 1.82) is 0 Å². The van der Waals surface area contributed by atoms with Crippen LogP contribution >= 0.6 is 0 Å². The van der Waals surface area contributed by atoms with E-state index in [1.54, 1.807) is 32.0 Å². The lowest BCUT2D eigenvalue weighted by Crippen LogP contribution is -2.39. The second-order valence-electron chi connectivity index (χ2n) is 6.91. The number of urea groups is 1. The zero-order valence-electron chi connectivity index (χ0n) is 16.2. The molecular formula is C20H20N4O5. The largest absolute Gasteiger partial charge is 0.332 e. The molecule has 1 fully saturated rings. The molecule has 1 aliphatic heterocycles. The first-order valence-corrected chi connectivity index (χ1v) is 8.95. The molecule has 0 spiro atoms. The second-order valence-corrected chi connectivity index (χ2v) is 6.91. The van der Waals surface area contributed by atoms with Gasteiger partial charge in [-0.2, -0.15) is 0 Å². The lowest BCUT2D eigenvalue weighted by molar-refractivity contribution is -0.384. The van der Waals surface area contributed by atoms with Crippen molar-refractivity contribution in [3.05, 3.63) is 63.7 Å². The predicted molar refractivity (Wildman–Crippen MR) is 107 cm³/mol. The number of rotatable bonds is 5. The van der Waals surface area contributed by atoms with Gasteiger partial charge < -0.3 is 5.32 Å². The molecule has 150 valence electrons. The van der Waals surface area contributed by atoms with E-state index in [9.17, 15) is 24.5 Å². The van der Waals surface area contributed by atoms with E-state index in [2.05, 4.69) is 5.32 Å². The van der Waals surface area contributed by atoms with E-state index in [1.807, 2.05) is 19.1 Å². The van der Waals surface area contributed by atoms with Gasteiger partial charge in [0.15, 0.2) is 0 Å². The quantitative estimate of drug-likeness (QED) is 0.474. The number of carbonyl (C=O) groups excluding carboxylic acids is 3. The van der Waals surface area contributed by atoms with Crippen molar-refractivity contribution in [3.8, 4) is 0 Å². The Hall–Kier alpha value is -3.75. The maximum Gasteiger partial charge on any atom is 0.332 e. The van der Waals surface area contributed by atoms with E-state index in [0.717, 1.165) is 10.5 Å². The molecule has 1 heterocycles. The Morgan fingerprint density at radius 3 is 2.34 bits per heavy atom. The van der Waals surface area contributed by atoms with Gasteiger partial charge in [-0.1, -0.05) is 23.8 Å². The van der Waals surface area contributed by atoms with E-state index < -0.39 is 35.4 Å². The molecule has 0 aromatic heterocycles. The Balaban J connectivity index is 1.77. The number of aryl methyl sites for hydroxylation is 2. The van der Waals surface area contributed by atoms with E-state index in [4.69, 9.17) is 0 Å². The Morgan fingerprint density at radius 2 is 1.72 bits per heavy atom. The third-order valence-corrected chi connectivity index (χ3v) is 4.69. The van der Waals surface area contributed by atoms with Crippen molar-refractivity contribution in [1.82, 2.24) is 4.90 Å². The van der Waals surface area contributed by atoms with Gasteiger partial charge in [-0.25, -0.2) is 4.79 Å². The van der Waals surface area contributed by atoms with Crippen molar-refractivity contribution >= 4 is 34.9 Å². The number of carbonyl (C=O) groups is 3. The molecule has 2 aromatic carbocycles. The van der Waals surface area contributed by atoms with Crippen LogP contribution in [0.25, 0.3) is 0 Å². The van der Waals surface area contributed by atoms with Crippen LogP contribution in [0.2, 0.25) is 0 Å². The summed E-state index contributed by atoms with van der Waals surface area (Å²) in [5.74, 6) is -1.21. The molecule has 0 unspecified atom stereocenters. The fourth-order valence-electron chi connectivity index (χ4n) is 3.14. The molecule has 0 saturated carbocycles. The highest BCUT2D eigenvalue weighted by atomic mass is 16.6. The molecule has 0 aliphatic carbocycles. The van der Waals surface area contributed by atoms with Crippen molar-refractivity contribution in [2.75, 3.05) is 16.8 Å². The molecule has 0 radical (unpaired) electrons. The predicted octanol–water partition coefficient (Wildman–Crippen LogP) is 3.01. The van der Waals surface area contributed by atoms with Gasteiger partial charge >= 0.3 is 6.03 Å². The summed E-state index contributed by atoms with van der Waals surface area (Å²) in [6.45, 7) is 4.66. The number of nitro benzene ring substituents is 1. The molecule has 4 amide bonds. The topological polar surface area (TPSA) is 113 Å². The summed E-state index contributed by atoms with van der Waals surface area (Å²) in [4.78, 5) is 50.5. The smallest absolute Gasteiger partial charge is 0.319 e. The van der Waals surface area contributed by atoms with E-state index in [-0.39, 0.29) is 11.4 Å². The minimum Gasteiger partial charge on any atom is -0.319 e. The van der Waals surface area contributed by atoms with Gasteiger partial charge in [-0.05, 0) is 44.5 Å². The number of hydrogen-bond acceptors (Lipinski definition) is 5. The van der Waals surface area contributed by atoms with Gasteiger partial charge in [-0.15, -0.1) is 0 Å². The zero-order valence-corrected chi connectivity index (χ0v) is 16.2. The number of amides is 4. The van der Waals surface area contributed by atoms with Crippen LogP contribution in [0.4, 0.5) is 21.9 Å². The summed E-state index contributed by atoms with van der Waals surface area (Å²) >= 11 is 0. The SMILES string of the molecule is Cc1ccc(N2C(=O)N(CC(=O)Nc3ccc(C)cc3[N+](=O)[O-])C(=O)[C@H]2C)cc1. The van der Waals surface area contributed by atoms with Crippen LogP contribution in [-0.2, 0) is 9.59 Å². The van der Waals surface area contributed by atoms with Crippen LogP contribution < -0.4 is 10.2 Å². The molecular weight excluding hydrogens is 376 g/mol. The molecule has 9 heteroatoms. The van der Waals surface area contributed by atoms with Gasteiger partial charge in [0.1, 0.15) is 18.3 Å². The van der Waals surface area contributed by atoms with Crippen LogP contribution in [0, 0.1) is 24.0 Å². The van der Waals surface area contributed by atoms with E-state index in [1.165, 1.54) is 17.0 Å². The molecule has 2 aromatic rings. The third kappa shape index (κ3) is 3.93. The van der Waals surface area contributed by atoms with Crippen molar-refractivity contribution in [2.24, 2.45) is 0 Å². The summed E-state index contributed by atoms with van der Waals surface area (Å²) in [7, 11) is 0. The molecule has 29 heavy (non-hydrogen) atoms. The van der Waals surface area contributed by atoms with Gasteiger partial charge in [0, 0.05) is 11.8 Å². The van der Waals surface area contributed by atoms with Crippen LogP contribution in [0.3, 0.4) is 0 Å². The average molecular weight is 396 g/mol. The van der Waals surface area contributed by atoms with Crippen LogP contribution in [0.5, 0.6) is 0 Å². The van der Waals surface area contributed by atoms with Gasteiger partial charge in [0.25, 0.3) is 11.6 Å². The Kier molecular flexibility index (Phi) is 5.31. The number of imide groups is 1. The minimum atomic E-state index is -0.758. The number of nitrogens with one attached hydrogen (secondary N) is 1. The number of anilines is 2. The first-order chi connectivity index (χ1) is 13.7. The van der Waals surface area contributed by atoms with Gasteiger partial charge in [0.2, 0.25) is 5.91 Å². The molecule has 9 nitrogen and oxygen atoms in total. The molecule has 1 N–H and O–H groups in total. The van der Waals surface area contributed by atoms with Crippen molar-refractivity contribution in [3.63, 3.8) is 0 Å². The fourth-order valence-corrected chi connectivity index (χ4v) is 3.14. The maximum absolute atomic E-state index is 12.8. The summed E-state index contributed by atoms with van der Waals surface area (Å²) in [5.41, 5.74) is 1.98. The standard InChI is InChI=1S/C20H20N4O5/c1-12-4-7-15(8-5-12)23-14(3)19(26)22(20(23)27)11-18(25)21-16-9-6-13(2)10-17(16)24(28)29/h4-10,14H,11H2,1-3H3,(H,21,25)/t14-/m1/s1. The highest BCUT2D eigenvalue weighted by Crippen LogP contribution is 2.27. The number of benzene rings is 2. The Bertz CT molecular complexity index is 1000. The first kappa shape index (κ1) is 20.0. The molecule has 1 atom stereocenters. The average Bonchev–Trinajstić information content (AvgIpc) is 2.87. The lowest BCUT2D eigenvalue weighted by Gasteiger charge is -2.19. The monoisotopic (exact) mass is 396 g/mol. The summed E-state index contributed by atoms with van der Waals surface area (Å²) in [5, 5.41) is 13.6. The first-order valence-electron chi connectivity index (χ1n) is 8.95. The molecule has 1 saturated heterocycles. The number of nitro groups is 1. The third-order valence-electron chi connectivity index (χ3n) is 4.69. The summed E-state index contributed by atoms with van der Waals surface area (Å²) in [6, 6.07) is 10.1. The Morgan fingerprint density at radius 1 is 1.10 bits per heavy atom. The molecule has 0 bridgehead atoms. The summed E-state index contributed by atoms with van der Waals surface area (Å²) in [6.07, 6.45) is 0. The normalized spacial score (nSPS) is 16.3. The van der Waals surface area contributed by atoms with E-state index in [0.29, 0.717) is 11.3 Å². The molecule has 3 rings (SSSR count).